The highest BCUT2D eigenvalue weighted by molar-refractivity contribution is 7.46. The van der Waals surface area contributed by atoms with E-state index in [9.17, 15) is 14.2 Å². The first-order valence-electron chi connectivity index (χ1n) is 17.8. The molecular weight excluding hydrogens is 639 g/mol. The Bertz CT molecular complexity index is 1150. The molecule has 8 nitrogen and oxygen atoms in total. The van der Waals surface area contributed by atoms with Gasteiger partial charge in [-0.25, -0.2) is 4.57 Å². The van der Waals surface area contributed by atoms with Crippen molar-refractivity contribution in [3.8, 4) is 0 Å². The van der Waals surface area contributed by atoms with Crippen LogP contribution in [0.5, 0.6) is 0 Å². The van der Waals surface area contributed by atoms with E-state index in [1.54, 1.807) is 0 Å². The van der Waals surface area contributed by atoms with Crippen LogP contribution in [0.1, 0.15) is 110 Å². The molecular formula is C40H61O8P. The summed E-state index contributed by atoms with van der Waals surface area (Å²) in [4.78, 5) is 42.6. The van der Waals surface area contributed by atoms with Gasteiger partial charge in [-0.15, -0.1) is 0 Å². The van der Waals surface area contributed by atoms with Crippen molar-refractivity contribution in [3.05, 3.63) is 109 Å². The summed E-state index contributed by atoms with van der Waals surface area (Å²) in [6, 6.07) is 0. The van der Waals surface area contributed by atoms with Crippen molar-refractivity contribution in [3.63, 3.8) is 0 Å². The van der Waals surface area contributed by atoms with E-state index in [1.807, 2.05) is 79.0 Å². The molecule has 0 fully saturated rings. The summed E-state index contributed by atoms with van der Waals surface area (Å²) in [6.07, 6.45) is 48.0. The van der Waals surface area contributed by atoms with Crippen LogP contribution in [0.15, 0.2) is 109 Å². The Morgan fingerprint density at radius 1 is 0.551 bits per heavy atom. The van der Waals surface area contributed by atoms with Crippen molar-refractivity contribution in [1.29, 1.82) is 0 Å². The van der Waals surface area contributed by atoms with Gasteiger partial charge in [-0.3, -0.25) is 14.1 Å². The summed E-state index contributed by atoms with van der Waals surface area (Å²) in [5.74, 6) is -0.976. The second-order valence-corrected chi connectivity index (χ2v) is 12.6. The molecule has 0 aliphatic rings. The van der Waals surface area contributed by atoms with Crippen molar-refractivity contribution in [2.24, 2.45) is 0 Å². The van der Waals surface area contributed by atoms with Gasteiger partial charge in [0.05, 0.1) is 6.61 Å². The quantitative estimate of drug-likeness (QED) is 0.0329. The van der Waals surface area contributed by atoms with Crippen molar-refractivity contribution >= 4 is 19.8 Å². The monoisotopic (exact) mass is 700 g/mol. The number of carbonyl (C=O) groups is 2. The zero-order valence-corrected chi connectivity index (χ0v) is 30.7. The molecule has 0 rings (SSSR count). The molecule has 0 saturated heterocycles. The lowest BCUT2D eigenvalue weighted by Crippen LogP contribution is -2.29. The first-order chi connectivity index (χ1) is 23.8. The van der Waals surface area contributed by atoms with E-state index in [-0.39, 0.29) is 19.4 Å². The van der Waals surface area contributed by atoms with Crippen molar-refractivity contribution < 1.29 is 37.9 Å². The number of phosphoric ester groups is 1. The maximum absolute atomic E-state index is 12.3. The average Bonchev–Trinajstić information content (AvgIpc) is 3.07. The predicted molar refractivity (Wildman–Crippen MR) is 202 cm³/mol. The number of hydrogen-bond donors (Lipinski definition) is 2. The number of rotatable bonds is 30. The molecule has 274 valence electrons. The fourth-order valence-electron chi connectivity index (χ4n) is 4.12. The third-order valence-electron chi connectivity index (χ3n) is 6.73. The van der Waals surface area contributed by atoms with Crippen molar-refractivity contribution in [1.82, 2.24) is 0 Å². The van der Waals surface area contributed by atoms with Gasteiger partial charge in [-0.05, 0) is 51.4 Å². The lowest BCUT2D eigenvalue weighted by molar-refractivity contribution is -0.161. The van der Waals surface area contributed by atoms with Crippen LogP contribution in [0, 0.1) is 0 Å². The van der Waals surface area contributed by atoms with E-state index >= 15 is 0 Å². The van der Waals surface area contributed by atoms with Gasteiger partial charge >= 0.3 is 19.8 Å². The lowest BCUT2D eigenvalue weighted by atomic mass is 10.1. The summed E-state index contributed by atoms with van der Waals surface area (Å²) in [5, 5.41) is 0. The molecule has 0 aromatic rings. The Balaban J connectivity index is 4.15. The van der Waals surface area contributed by atoms with E-state index in [4.69, 9.17) is 19.3 Å². The highest BCUT2D eigenvalue weighted by Gasteiger charge is 2.22. The Kier molecular flexibility index (Phi) is 32.2. The molecule has 0 radical (unpaired) electrons. The van der Waals surface area contributed by atoms with E-state index < -0.39 is 32.5 Å². The Labute approximate surface area is 296 Å². The first-order valence-corrected chi connectivity index (χ1v) is 19.3. The third-order valence-corrected chi connectivity index (χ3v) is 7.21. The van der Waals surface area contributed by atoms with Crippen molar-refractivity contribution in [2.45, 2.75) is 116 Å². The smallest absolute Gasteiger partial charge is 0.462 e. The predicted octanol–water partition coefficient (Wildman–Crippen LogP) is 10.4. The maximum Gasteiger partial charge on any atom is 0.469 e. The minimum atomic E-state index is -4.77. The number of phosphoric acid groups is 1. The average molecular weight is 701 g/mol. The van der Waals surface area contributed by atoms with Crippen LogP contribution in [0.3, 0.4) is 0 Å². The summed E-state index contributed by atoms with van der Waals surface area (Å²) in [6.45, 7) is 3.36. The molecule has 9 heteroatoms. The van der Waals surface area contributed by atoms with Gasteiger partial charge in [-0.2, -0.15) is 0 Å². The van der Waals surface area contributed by atoms with Crippen LogP contribution in [0.25, 0.3) is 0 Å². The molecule has 2 N–H and O–H groups in total. The van der Waals surface area contributed by atoms with E-state index in [0.717, 1.165) is 70.6 Å². The Hall–Kier alpha value is -3.29. The van der Waals surface area contributed by atoms with Gasteiger partial charge in [0.2, 0.25) is 0 Å². The summed E-state index contributed by atoms with van der Waals surface area (Å²) in [5.41, 5.74) is 0. The van der Waals surface area contributed by atoms with Crippen LogP contribution in [0.2, 0.25) is 0 Å². The highest BCUT2D eigenvalue weighted by atomic mass is 31.2. The summed E-state index contributed by atoms with van der Waals surface area (Å²) in [7, 11) is -4.77. The molecule has 0 aromatic heterocycles. The largest absolute Gasteiger partial charge is 0.469 e. The van der Waals surface area contributed by atoms with Gasteiger partial charge in [0.15, 0.2) is 6.10 Å². The second kappa shape index (κ2) is 34.6. The van der Waals surface area contributed by atoms with Crippen LogP contribution in [0.4, 0.5) is 0 Å². The highest BCUT2D eigenvalue weighted by Crippen LogP contribution is 2.35. The van der Waals surface area contributed by atoms with E-state index in [1.165, 1.54) is 0 Å². The van der Waals surface area contributed by atoms with Crippen molar-refractivity contribution in [2.75, 3.05) is 13.2 Å². The maximum atomic E-state index is 12.3. The number of ether oxygens (including phenoxy) is 2. The number of unbranched alkanes of at least 4 members (excludes halogenated alkanes) is 9. The number of esters is 2. The molecule has 0 saturated carbocycles. The molecule has 1 atom stereocenters. The molecule has 0 bridgehead atoms. The molecule has 0 aliphatic heterocycles. The summed E-state index contributed by atoms with van der Waals surface area (Å²) >= 11 is 0. The molecule has 49 heavy (non-hydrogen) atoms. The third kappa shape index (κ3) is 37.4. The molecule has 0 aliphatic carbocycles. The second-order valence-electron chi connectivity index (χ2n) is 11.3. The van der Waals surface area contributed by atoms with Crippen LogP contribution < -0.4 is 0 Å². The SMILES string of the molecule is CC/C=C/C=C/C=C/C=C/CCCCCC(=O)OC(COC(=O)CCCCCCC/C=C/C=C/C=C/C=C/C=C/CCC)COP(=O)(O)O. The number of hydrogen-bond acceptors (Lipinski definition) is 6. The van der Waals surface area contributed by atoms with Gasteiger partial charge in [0.1, 0.15) is 6.61 Å². The molecule has 0 spiro atoms. The zero-order chi connectivity index (χ0) is 36.1. The van der Waals surface area contributed by atoms with E-state index in [2.05, 4.69) is 48.8 Å². The van der Waals surface area contributed by atoms with Gasteiger partial charge in [0, 0.05) is 12.8 Å². The standard InChI is InChI=1S/C40H61O8P/c1-3-5-7-9-11-13-15-17-18-19-20-21-23-24-26-28-30-32-34-39(41)46-36-38(37-47-49(43,44)45)48-40(42)35-33-31-29-27-25-22-16-14-12-10-8-6-4-2/h6-22,25,38H,3-5,23-24,26-37H2,1-2H3,(H2,43,44,45)/b8-6+,9-7+,12-10+,13-11+,16-14+,17-15+,19-18+,21-20+,25-22+. The zero-order valence-electron chi connectivity index (χ0n) is 29.8. The number of carbonyl (C=O) groups excluding carboxylic acids is 2. The fourth-order valence-corrected chi connectivity index (χ4v) is 4.48. The van der Waals surface area contributed by atoms with Gasteiger partial charge in [-0.1, -0.05) is 155 Å². The topological polar surface area (TPSA) is 119 Å². The number of allylic oxidation sites excluding steroid dienone is 18. The molecule has 0 heterocycles. The Morgan fingerprint density at radius 3 is 1.49 bits per heavy atom. The fraction of sp³-hybridized carbons (Fsp3) is 0.500. The van der Waals surface area contributed by atoms with Crippen LogP contribution in [-0.2, 0) is 28.2 Å². The first kappa shape index (κ1) is 45.7. The van der Waals surface area contributed by atoms with E-state index in [0.29, 0.717) is 12.8 Å². The lowest BCUT2D eigenvalue weighted by Gasteiger charge is -2.18. The van der Waals surface area contributed by atoms with Crippen LogP contribution in [-0.4, -0.2) is 41.0 Å². The molecule has 1 unspecified atom stereocenters. The Morgan fingerprint density at radius 2 is 0.980 bits per heavy atom. The minimum absolute atomic E-state index is 0.152. The van der Waals surface area contributed by atoms with Gasteiger partial charge < -0.3 is 19.3 Å². The normalized spacial score (nSPS) is 13.8. The van der Waals surface area contributed by atoms with Gasteiger partial charge in [0.25, 0.3) is 0 Å². The molecule has 0 aromatic carbocycles. The minimum Gasteiger partial charge on any atom is -0.462 e. The summed E-state index contributed by atoms with van der Waals surface area (Å²) < 4.78 is 26.2. The van der Waals surface area contributed by atoms with Crippen LogP contribution >= 0.6 is 7.82 Å². The molecule has 0 amide bonds.